The fourth-order valence-electron chi connectivity index (χ4n) is 0. The van der Waals surface area contributed by atoms with Gasteiger partial charge in [0.05, 0.1) is 0 Å². The third kappa shape index (κ3) is 49.2. The monoisotopic (exact) mass is 186 g/mol. The minimum absolute atomic E-state index is 0. The summed E-state index contributed by atoms with van der Waals surface area (Å²) in [5, 5.41) is 0. The summed E-state index contributed by atoms with van der Waals surface area (Å²) in [6.45, 7) is 0. The van der Waals surface area contributed by atoms with Gasteiger partial charge >= 0.3 is 0 Å². The fourth-order valence-corrected chi connectivity index (χ4v) is 0. The topological polar surface area (TPSA) is 0 Å². The first-order valence-electron chi connectivity index (χ1n) is 0.756. The normalized spacial score (nSPS) is 10.0. The van der Waals surface area contributed by atoms with Crippen LogP contribution in [0.25, 0.3) is 0 Å². The molecule has 0 aliphatic carbocycles. The van der Waals surface area contributed by atoms with Gasteiger partial charge in [-0.05, 0) is 0 Å². The summed E-state index contributed by atoms with van der Waals surface area (Å²) in [7, 11) is 0. The molecule has 0 aliphatic heterocycles. The summed E-state index contributed by atoms with van der Waals surface area (Å²) in [4.78, 5) is 0. The fraction of sp³-hybridized carbons (Fsp3) is 1.00. The lowest BCUT2D eigenvalue weighted by Gasteiger charge is -1.91. The van der Waals surface area contributed by atoms with Gasteiger partial charge in [-0.1, -0.05) is 46.4 Å². The van der Waals surface area contributed by atoms with Gasteiger partial charge < -0.3 is 0 Å². The summed E-state index contributed by atoms with van der Waals surface area (Å²) >= 11 is 19.3. The van der Waals surface area contributed by atoms with Crippen LogP contribution in [-0.2, 0) is 0 Å². The first-order chi connectivity index (χ1) is 2.00. The SMILES string of the molecule is ClC(Cl)(Cl)Cl.S. The van der Waals surface area contributed by atoms with Crippen molar-refractivity contribution in [3.63, 3.8) is 0 Å². The summed E-state index contributed by atoms with van der Waals surface area (Å²) in [5.74, 6) is 0. The van der Waals surface area contributed by atoms with Crippen LogP contribution >= 0.6 is 59.9 Å². The quantitative estimate of drug-likeness (QED) is 0.512. The molecule has 0 bridgehead atoms. The highest BCUT2D eigenvalue weighted by Crippen LogP contribution is 2.29. The van der Waals surface area contributed by atoms with Crippen molar-refractivity contribution in [3.05, 3.63) is 0 Å². The molecule has 0 radical (unpaired) electrons. The van der Waals surface area contributed by atoms with E-state index in [9.17, 15) is 0 Å². The average Bonchev–Trinajstić information content (AvgIpc) is 0.722. The van der Waals surface area contributed by atoms with Crippen LogP contribution in [0, 0.1) is 0 Å². The molecule has 0 heterocycles. The summed E-state index contributed by atoms with van der Waals surface area (Å²) in [5.41, 5.74) is 0. The Labute approximate surface area is 63.1 Å². The number of hydrogen-bond donors (Lipinski definition) is 0. The Morgan fingerprint density at radius 3 is 0.833 bits per heavy atom. The second-order valence-electron chi connectivity index (χ2n) is 0.429. The third-order valence-corrected chi connectivity index (χ3v) is 0. The minimum atomic E-state index is -1.61. The molecule has 0 N–H and O–H groups in total. The molecule has 0 unspecified atom stereocenters. The molecule has 0 amide bonds. The van der Waals surface area contributed by atoms with Crippen molar-refractivity contribution in [1.29, 1.82) is 0 Å². The molecular weight excluding hydrogens is 186 g/mol. The average molecular weight is 188 g/mol. The zero-order valence-electron chi connectivity index (χ0n) is 2.51. The Kier molecular flexibility index (Phi) is 6.12. The van der Waals surface area contributed by atoms with Crippen LogP contribution in [0.2, 0.25) is 0 Å². The van der Waals surface area contributed by atoms with Crippen molar-refractivity contribution >= 4 is 59.9 Å². The molecule has 0 aromatic heterocycles. The third-order valence-electron chi connectivity index (χ3n) is 0. The van der Waals surface area contributed by atoms with Crippen LogP contribution in [0.5, 0.6) is 0 Å². The molecule has 0 saturated heterocycles. The molecule has 0 saturated carbocycles. The second-order valence-corrected chi connectivity index (χ2v) is 3.86. The van der Waals surface area contributed by atoms with E-state index in [1.807, 2.05) is 0 Å². The standard InChI is InChI=1S/CCl4.H2S/c2-1(3,4)5;/h;1H2. The van der Waals surface area contributed by atoms with Crippen molar-refractivity contribution < 1.29 is 0 Å². The molecule has 0 aromatic rings. The predicted octanol–water partition coefficient (Wildman–Crippen LogP) is 2.67. The van der Waals surface area contributed by atoms with Crippen molar-refractivity contribution in [1.82, 2.24) is 0 Å². The van der Waals surface area contributed by atoms with E-state index in [2.05, 4.69) is 0 Å². The molecule has 0 aromatic carbocycles. The lowest BCUT2D eigenvalue weighted by Crippen LogP contribution is -1.81. The number of rotatable bonds is 0. The molecule has 0 aliphatic rings. The number of halogens is 4. The molecule has 0 atom stereocenters. The van der Waals surface area contributed by atoms with E-state index in [4.69, 9.17) is 46.4 Å². The van der Waals surface area contributed by atoms with Crippen LogP contribution in [0.4, 0.5) is 0 Å². The van der Waals surface area contributed by atoms with E-state index >= 15 is 0 Å². The van der Waals surface area contributed by atoms with Crippen molar-refractivity contribution in [2.75, 3.05) is 0 Å². The first-order valence-corrected chi connectivity index (χ1v) is 2.27. The van der Waals surface area contributed by atoms with Gasteiger partial charge in [0, 0.05) is 0 Å². The van der Waals surface area contributed by atoms with E-state index in [0.717, 1.165) is 0 Å². The zero-order valence-corrected chi connectivity index (χ0v) is 6.54. The Balaban J connectivity index is 0. The zero-order chi connectivity index (χ0) is 4.50. The highest BCUT2D eigenvalue weighted by Gasteiger charge is 2.11. The summed E-state index contributed by atoms with van der Waals surface area (Å²) in [6.07, 6.45) is 0. The Bertz CT molecular complexity index is 23.0. The highest BCUT2D eigenvalue weighted by atomic mass is 35.6. The van der Waals surface area contributed by atoms with Gasteiger partial charge in [-0.15, -0.1) is 0 Å². The van der Waals surface area contributed by atoms with Crippen LogP contribution in [0.15, 0.2) is 0 Å². The largest absolute Gasteiger partial charge is 0.266 e. The summed E-state index contributed by atoms with van der Waals surface area (Å²) in [6, 6.07) is 0. The van der Waals surface area contributed by atoms with Crippen molar-refractivity contribution in [2.24, 2.45) is 0 Å². The highest BCUT2D eigenvalue weighted by molar-refractivity contribution is 7.59. The first kappa shape index (κ1) is 10.5. The molecule has 0 fully saturated rings. The molecule has 0 rings (SSSR count). The molecule has 6 heavy (non-hydrogen) atoms. The van der Waals surface area contributed by atoms with E-state index in [0.29, 0.717) is 0 Å². The maximum absolute atomic E-state index is 4.83. The molecule has 40 valence electrons. The molecular formula is CH2Cl4S. The molecule has 0 spiro atoms. The van der Waals surface area contributed by atoms with Gasteiger partial charge in [0.2, 0.25) is 0 Å². The van der Waals surface area contributed by atoms with E-state index in [-0.39, 0.29) is 13.5 Å². The lowest BCUT2D eigenvalue weighted by atomic mass is 11.8. The van der Waals surface area contributed by atoms with Gasteiger partial charge in [0.1, 0.15) is 0 Å². The van der Waals surface area contributed by atoms with Gasteiger partial charge in [0.25, 0.3) is 3.25 Å². The maximum Gasteiger partial charge on any atom is 0.266 e. The molecule has 5 heteroatoms. The van der Waals surface area contributed by atoms with Gasteiger partial charge in [-0.25, -0.2) is 0 Å². The van der Waals surface area contributed by atoms with Gasteiger partial charge in [-0.3, -0.25) is 0 Å². The Morgan fingerprint density at radius 2 is 0.833 bits per heavy atom. The van der Waals surface area contributed by atoms with Gasteiger partial charge in [-0.2, -0.15) is 13.5 Å². The van der Waals surface area contributed by atoms with Crippen LogP contribution in [0.3, 0.4) is 0 Å². The number of hydrogen-bond acceptors (Lipinski definition) is 0. The summed E-state index contributed by atoms with van der Waals surface area (Å²) < 4.78 is -1.61. The lowest BCUT2D eigenvalue weighted by molar-refractivity contribution is 1.76. The van der Waals surface area contributed by atoms with E-state index < -0.39 is 3.25 Å². The Hall–Kier alpha value is 1.51. The smallest absolute Gasteiger partial charge is 0.197 e. The van der Waals surface area contributed by atoms with Crippen LogP contribution < -0.4 is 0 Å². The van der Waals surface area contributed by atoms with Crippen molar-refractivity contribution in [2.45, 2.75) is 3.25 Å². The van der Waals surface area contributed by atoms with E-state index in [1.54, 1.807) is 0 Å². The predicted molar refractivity (Wildman–Crippen MR) is 36.5 cm³/mol. The van der Waals surface area contributed by atoms with Crippen LogP contribution in [0.1, 0.15) is 0 Å². The number of alkyl halides is 4. The van der Waals surface area contributed by atoms with Crippen molar-refractivity contribution in [3.8, 4) is 0 Å². The molecule has 0 nitrogen and oxygen atoms in total. The van der Waals surface area contributed by atoms with Gasteiger partial charge in [0.15, 0.2) is 0 Å². The Morgan fingerprint density at radius 1 is 0.833 bits per heavy atom. The minimum Gasteiger partial charge on any atom is -0.197 e. The van der Waals surface area contributed by atoms with Crippen LogP contribution in [-0.4, -0.2) is 3.25 Å². The van der Waals surface area contributed by atoms with E-state index in [1.165, 1.54) is 0 Å². The maximum atomic E-state index is 4.83. The second kappa shape index (κ2) is 3.50.